The molecule has 0 bridgehead atoms. The molecule has 2 heterocycles. The van der Waals surface area contributed by atoms with Crippen LogP contribution in [-0.4, -0.2) is 40.7 Å². The van der Waals surface area contributed by atoms with E-state index in [0.717, 1.165) is 0 Å². The van der Waals surface area contributed by atoms with Crippen LogP contribution in [0.2, 0.25) is 0 Å². The Bertz CT molecular complexity index is 894. The van der Waals surface area contributed by atoms with E-state index in [2.05, 4.69) is 14.8 Å². The van der Waals surface area contributed by atoms with Gasteiger partial charge >= 0.3 is 6.29 Å². The maximum atomic E-state index is 13.1. The predicted octanol–water partition coefficient (Wildman–Crippen LogP) is 3.16. The van der Waals surface area contributed by atoms with Crippen molar-refractivity contribution < 1.29 is 27.8 Å². The number of carbonyl (C=O) groups excluding carboxylic acids is 2. The quantitative estimate of drug-likeness (QED) is 0.869. The third kappa shape index (κ3) is 3.55. The number of halogens is 2. The van der Waals surface area contributed by atoms with Crippen molar-refractivity contribution in [3.05, 3.63) is 54.1 Å². The van der Waals surface area contributed by atoms with E-state index in [4.69, 9.17) is 0 Å². The molecule has 0 aliphatic carbocycles. The Kier molecular flexibility index (Phi) is 4.39. The van der Waals surface area contributed by atoms with Crippen LogP contribution in [0.4, 0.5) is 14.5 Å². The van der Waals surface area contributed by atoms with Gasteiger partial charge in [0.2, 0.25) is 5.91 Å². The highest BCUT2D eigenvalue weighted by molar-refractivity contribution is 7.99. The molecule has 1 N–H and O–H groups in total. The molecule has 0 spiro atoms. The highest BCUT2D eigenvalue weighted by Crippen LogP contribution is 2.42. The highest BCUT2D eigenvalue weighted by atomic mass is 32.2. The van der Waals surface area contributed by atoms with E-state index < -0.39 is 18.2 Å². The molecule has 2 aliphatic heterocycles. The van der Waals surface area contributed by atoms with Gasteiger partial charge in [0.05, 0.1) is 5.88 Å². The van der Waals surface area contributed by atoms with Crippen LogP contribution >= 0.6 is 11.8 Å². The lowest BCUT2D eigenvalue weighted by molar-refractivity contribution is -0.286. The maximum absolute atomic E-state index is 13.1. The lowest BCUT2D eigenvalue weighted by Gasteiger charge is -2.23. The van der Waals surface area contributed by atoms with Crippen LogP contribution in [-0.2, 0) is 4.79 Å². The van der Waals surface area contributed by atoms with Crippen molar-refractivity contribution in [3.63, 3.8) is 0 Å². The Morgan fingerprint density at radius 3 is 2.63 bits per heavy atom. The summed E-state index contributed by atoms with van der Waals surface area (Å²) in [5.41, 5.74) is 0.784. The molecule has 0 unspecified atom stereocenters. The van der Waals surface area contributed by atoms with Crippen LogP contribution in [0.5, 0.6) is 11.5 Å². The fourth-order valence-electron chi connectivity index (χ4n) is 2.86. The first kappa shape index (κ1) is 17.6. The molecule has 27 heavy (non-hydrogen) atoms. The molecule has 9 heteroatoms. The molecule has 4 rings (SSSR count). The average Bonchev–Trinajstić information content (AvgIpc) is 3.24. The first-order valence-corrected chi connectivity index (χ1v) is 9.23. The molecule has 2 aromatic carbocycles. The Morgan fingerprint density at radius 1 is 1.11 bits per heavy atom. The van der Waals surface area contributed by atoms with Crippen LogP contribution in [0, 0.1) is 0 Å². The molecular formula is C18H14F2N2O4S. The van der Waals surface area contributed by atoms with E-state index in [0.29, 0.717) is 17.2 Å². The van der Waals surface area contributed by atoms with Gasteiger partial charge in [-0.2, -0.15) is 0 Å². The Morgan fingerprint density at radius 2 is 1.85 bits per heavy atom. The van der Waals surface area contributed by atoms with Gasteiger partial charge < -0.3 is 19.7 Å². The van der Waals surface area contributed by atoms with Crippen LogP contribution in [0.3, 0.4) is 0 Å². The van der Waals surface area contributed by atoms with Crippen molar-refractivity contribution in [1.82, 2.24) is 4.90 Å². The summed E-state index contributed by atoms with van der Waals surface area (Å²) in [6.45, 7) is 0. The zero-order valence-electron chi connectivity index (χ0n) is 13.9. The van der Waals surface area contributed by atoms with Gasteiger partial charge in [-0.05, 0) is 24.3 Å². The molecule has 0 radical (unpaired) electrons. The van der Waals surface area contributed by atoms with Crippen molar-refractivity contribution in [3.8, 4) is 11.5 Å². The van der Waals surface area contributed by atoms with Crippen molar-refractivity contribution in [2.45, 2.75) is 12.3 Å². The summed E-state index contributed by atoms with van der Waals surface area (Å²) in [6.07, 6.45) is -3.72. The van der Waals surface area contributed by atoms with E-state index in [1.165, 1.54) is 34.9 Å². The summed E-state index contributed by atoms with van der Waals surface area (Å²) in [6, 6.07) is 12.0. The Hall–Kier alpha value is -2.81. The summed E-state index contributed by atoms with van der Waals surface area (Å²) in [5.74, 6) is -0.0289. The fraction of sp³-hybridized carbons (Fsp3) is 0.222. The number of hydrogen-bond donors (Lipinski definition) is 1. The van der Waals surface area contributed by atoms with Gasteiger partial charge in [0.25, 0.3) is 5.91 Å². The maximum Gasteiger partial charge on any atom is 0.586 e. The number of ether oxygens (including phenoxy) is 2. The minimum absolute atomic E-state index is 0.102. The van der Waals surface area contributed by atoms with Crippen molar-refractivity contribution in [2.24, 2.45) is 0 Å². The van der Waals surface area contributed by atoms with Gasteiger partial charge in [0.1, 0.15) is 6.04 Å². The van der Waals surface area contributed by atoms with Crippen molar-refractivity contribution in [1.29, 1.82) is 0 Å². The molecule has 2 aromatic rings. The summed E-state index contributed by atoms with van der Waals surface area (Å²) in [4.78, 5) is 26.8. The molecule has 6 nitrogen and oxygen atoms in total. The molecule has 1 atom stereocenters. The van der Waals surface area contributed by atoms with E-state index >= 15 is 0 Å². The van der Waals surface area contributed by atoms with E-state index in [9.17, 15) is 18.4 Å². The van der Waals surface area contributed by atoms with Crippen LogP contribution < -0.4 is 14.8 Å². The monoisotopic (exact) mass is 392 g/mol. The molecular weight excluding hydrogens is 378 g/mol. The van der Waals surface area contributed by atoms with Crippen LogP contribution in [0.25, 0.3) is 0 Å². The van der Waals surface area contributed by atoms with Gasteiger partial charge in [-0.1, -0.05) is 18.2 Å². The van der Waals surface area contributed by atoms with E-state index in [1.807, 2.05) is 6.07 Å². The summed E-state index contributed by atoms with van der Waals surface area (Å²) >= 11 is 1.47. The van der Waals surface area contributed by atoms with E-state index in [-0.39, 0.29) is 23.1 Å². The number of benzene rings is 2. The molecule has 2 aliphatic rings. The first-order chi connectivity index (χ1) is 12.9. The molecule has 2 amide bonds. The minimum atomic E-state index is -3.72. The van der Waals surface area contributed by atoms with Crippen LogP contribution in [0.1, 0.15) is 10.4 Å². The van der Waals surface area contributed by atoms with Crippen molar-refractivity contribution >= 4 is 29.3 Å². The second-order valence-corrected chi connectivity index (χ2v) is 6.97. The number of alkyl halides is 2. The second kappa shape index (κ2) is 6.73. The van der Waals surface area contributed by atoms with Gasteiger partial charge in [-0.3, -0.25) is 9.59 Å². The topological polar surface area (TPSA) is 67.9 Å². The van der Waals surface area contributed by atoms with Gasteiger partial charge in [-0.25, -0.2) is 0 Å². The van der Waals surface area contributed by atoms with Gasteiger partial charge in [-0.15, -0.1) is 20.5 Å². The largest absolute Gasteiger partial charge is 0.586 e. The molecule has 1 fully saturated rings. The number of thioether (sulfide) groups is 1. The van der Waals surface area contributed by atoms with Gasteiger partial charge in [0.15, 0.2) is 11.5 Å². The fourth-order valence-corrected chi connectivity index (χ4v) is 4.01. The number of carbonyl (C=O) groups is 2. The van der Waals surface area contributed by atoms with Crippen molar-refractivity contribution in [2.75, 3.05) is 16.9 Å². The smallest absolute Gasteiger partial charge is 0.395 e. The number of fused-ring (bicyclic) bond motifs is 1. The van der Waals surface area contributed by atoms with E-state index in [1.54, 1.807) is 24.3 Å². The second-order valence-electron chi connectivity index (χ2n) is 5.97. The summed E-state index contributed by atoms with van der Waals surface area (Å²) in [5, 5.41) is 2.65. The standard InChI is InChI=1S/C18H14F2N2O4S/c19-18(20)25-14-7-6-12(8-15(14)26-18)21-16(23)13-9-27-10-22(13)17(24)11-4-2-1-3-5-11/h1-8,13H,9-10H2,(H,21,23)/t13-/m0/s1. The summed E-state index contributed by atoms with van der Waals surface area (Å²) < 4.78 is 34.9. The molecule has 1 saturated heterocycles. The predicted molar refractivity (Wildman–Crippen MR) is 95.0 cm³/mol. The third-order valence-corrected chi connectivity index (χ3v) is 5.15. The SMILES string of the molecule is O=C(Nc1ccc2c(c1)OC(F)(F)O2)[C@@H]1CSCN1C(=O)c1ccccc1. The highest BCUT2D eigenvalue weighted by Gasteiger charge is 2.43. The van der Waals surface area contributed by atoms with Crippen LogP contribution in [0.15, 0.2) is 48.5 Å². The number of amides is 2. The normalized spacial score (nSPS) is 19.8. The number of nitrogens with zero attached hydrogens (tertiary/aromatic N) is 1. The lowest BCUT2D eigenvalue weighted by atomic mass is 10.1. The third-order valence-electron chi connectivity index (χ3n) is 4.14. The first-order valence-electron chi connectivity index (χ1n) is 8.07. The molecule has 0 aromatic heterocycles. The summed E-state index contributed by atoms with van der Waals surface area (Å²) in [7, 11) is 0. The zero-order chi connectivity index (χ0) is 19.0. The Labute approximate surface area is 157 Å². The van der Waals surface area contributed by atoms with Gasteiger partial charge in [0, 0.05) is 23.1 Å². The molecule has 140 valence electrons. The lowest BCUT2D eigenvalue weighted by Crippen LogP contribution is -2.44. The number of anilines is 1. The zero-order valence-corrected chi connectivity index (χ0v) is 14.7. The number of rotatable bonds is 3. The number of nitrogens with one attached hydrogen (secondary N) is 1. The number of hydrogen-bond acceptors (Lipinski definition) is 5. The minimum Gasteiger partial charge on any atom is -0.395 e. The molecule has 0 saturated carbocycles. The Balaban J connectivity index is 1.48. The average molecular weight is 392 g/mol.